The molecule has 0 unspecified atom stereocenters. The number of rotatable bonds is 3. The van der Waals surface area contributed by atoms with E-state index in [0.717, 1.165) is 17.4 Å². The van der Waals surface area contributed by atoms with Gasteiger partial charge in [-0.05, 0) is 28.6 Å². The third-order valence-electron chi connectivity index (χ3n) is 4.75. The van der Waals surface area contributed by atoms with Gasteiger partial charge in [0.25, 0.3) is 0 Å². The molecule has 0 amide bonds. The molecule has 0 saturated heterocycles. The van der Waals surface area contributed by atoms with E-state index in [0.29, 0.717) is 16.1 Å². The van der Waals surface area contributed by atoms with Crippen LogP contribution in [0.2, 0.25) is 0 Å². The second-order valence-corrected chi connectivity index (χ2v) is 7.69. The summed E-state index contributed by atoms with van der Waals surface area (Å²) in [6.45, 7) is 0. The fourth-order valence-electron chi connectivity index (χ4n) is 3.34. The molecule has 5 rings (SSSR count). The third kappa shape index (κ3) is 3.30. The van der Waals surface area contributed by atoms with Crippen molar-refractivity contribution in [2.24, 2.45) is 0 Å². The molecule has 0 aliphatic heterocycles. The van der Waals surface area contributed by atoms with E-state index >= 15 is 0 Å². The minimum atomic E-state index is -4.61. The molecule has 5 aromatic rings. The number of benzene rings is 2. The maximum atomic E-state index is 14.0. The van der Waals surface area contributed by atoms with Crippen LogP contribution in [0.3, 0.4) is 0 Å². The zero-order chi connectivity index (χ0) is 21.6. The van der Waals surface area contributed by atoms with Crippen LogP contribution in [0.15, 0.2) is 66.7 Å². The average molecular weight is 438 g/mol. The molecule has 0 radical (unpaired) electrons. The van der Waals surface area contributed by atoms with Crippen LogP contribution < -0.4 is 5.73 Å². The first-order chi connectivity index (χ1) is 14.9. The fourth-order valence-corrected chi connectivity index (χ4v) is 4.43. The Morgan fingerprint density at radius 3 is 2.29 bits per heavy atom. The number of hydrogen-bond acceptors (Lipinski definition) is 6. The van der Waals surface area contributed by atoms with Crippen LogP contribution >= 0.6 is 11.3 Å². The van der Waals surface area contributed by atoms with Gasteiger partial charge in [-0.2, -0.15) is 17.9 Å². The number of tetrazole rings is 1. The van der Waals surface area contributed by atoms with Gasteiger partial charge in [-0.3, -0.25) is 0 Å². The summed E-state index contributed by atoms with van der Waals surface area (Å²) in [6, 6.07) is 18.8. The van der Waals surface area contributed by atoms with Crippen LogP contribution in [0.1, 0.15) is 5.56 Å². The summed E-state index contributed by atoms with van der Waals surface area (Å²) < 4.78 is 43.3. The molecular formula is C21H13F3N6S. The molecule has 3 heterocycles. The molecule has 0 fully saturated rings. The van der Waals surface area contributed by atoms with Crippen LogP contribution in [0.25, 0.3) is 37.9 Å². The monoisotopic (exact) mass is 438 g/mol. The van der Waals surface area contributed by atoms with E-state index in [2.05, 4.69) is 20.5 Å². The lowest BCUT2D eigenvalue weighted by atomic mass is 10.1. The van der Waals surface area contributed by atoms with Crippen molar-refractivity contribution in [3.05, 3.63) is 72.3 Å². The zero-order valence-corrected chi connectivity index (χ0v) is 16.5. The van der Waals surface area contributed by atoms with E-state index in [9.17, 15) is 13.2 Å². The van der Waals surface area contributed by atoms with Gasteiger partial charge in [0.05, 0.1) is 27.5 Å². The Hall–Kier alpha value is -3.79. The SMILES string of the molecule is Nc1c(-c2nnnn2-c2ccccc2)sc2nc(-c3ccccc3)cc(C(F)(F)F)c12. The number of alkyl halides is 3. The number of aromatic nitrogens is 5. The fraction of sp³-hybridized carbons (Fsp3) is 0.0476. The van der Waals surface area contributed by atoms with Crippen molar-refractivity contribution in [3.63, 3.8) is 0 Å². The maximum absolute atomic E-state index is 14.0. The number of anilines is 1. The van der Waals surface area contributed by atoms with Gasteiger partial charge in [0, 0.05) is 10.9 Å². The van der Waals surface area contributed by atoms with Gasteiger partial charge < -0.3 is 5.73 Å². The molecule has 0 atom stereocenters. The van der Waals surface area contributed by atoms with E-state index in [1.807, 2.05) is 18.2 Å². The molecule has 0 aliphatic rings. The van der Waals surface area contributed by atoms with Crippen molar-refractivity contribution >= 4 is 27.2 Å². The minimum Gasteiger partial charge on any atom is -0.397 e. The second-order valence-electron chi connectivity index (χ2n) is 6.69. The highest BCUT2D eigenvalue weighted by atomic mass is 32.1. The molecular weight excluding hydrogens is 425 g/mol. The second kappa shape index (κ2) is 7.17. The Bertz CT molecular complexity index is 1380. The van der Waals surface area contributed by atoms with Crippen LogP contribution in [0.4, 0.5) is 18.9 Å². The Labute approximate surface area is 177 Å². The lowest BCUT2D eigenvalue weighted by molar-refractivity contribution is -0.136. The molecule has 2 aromatic carbocycles. The van der Waals surface area contributed by atoms with E-state index in [1.54, 1.807) is 42.5 Å². The summed E-state index contributed by atoms with van der Waals surface area (Å²) >= 11 is 1.03. The largest absolute Gasteiger partial charge is 0.417 e. The number of fused-ring (bicyclic) bond motifs is 1. The summed E-state index contributed by atoms with van der Waals surface area (Å²) in [5.74, 6) is 0.251. The Balaban J connectivity index is 1.77. The van der Waals surface area contributed by atoms with Gasteiger partial charge in [0.2, 0.25) is 0 Å². The summed E-state index contributed by atoms with van der Waals surface area (Å²) in [4.78, 5) is 4.97. The van der Waals surface area contributed by atoms with E-state index in [4.69, 9.17) is 5.73 Å². The highest BCUT2D eigenvalue weighted by Crippen LogP contribution is 2.46. The van der Waals surface area contributed by atoms with Crippen molar-refractivity contribution in [2.45, 2.75) is 6.18 Å². The summed E-state index contributed by atoms with van der Waals surface area (Å²) in [5.41, 5.74) is 6.80. The Kier molecular flexibility index (Phi) is 4.44. The van der Waals surface area contributed by atoms with Crippen LogP contribution in [0.5, 0.6) is 0 Å². The average Bonchev–Trinajstić information content (AvgIpc) is 3.38. The molecule has 0 spiro atoms. The summed E-state index contributed by atoms with van der Waals surface area (Å²) in [5, 5.41) is 11.5. The molecule has 0 aliphatic carbocycles. The number of nitrogen functional groups attached to an aromatic ring is 1. The first kappa shape index (κ1) is 19.2. The number of nitrogens with zero attached hydrogens (tertiary/aromatic N) is 5. The van der Waals surface area contributed by atoms with Crippen molar-refractivity contribution < 1.29 is 13.2 Å². The third-order valence-corrected chi connectivity index (χ3v) is 5.84. The van der Waals surface area contributed by atoms with E-state index < -0.39 is 11.7 Å². The van der Waals surface area contributed by atoms with Gasteiger partial charge in [0.1, 0.15) is 4.83 Å². The normalized spacial score (nSPS) is 11.8. The van der Waals surface area contributed by atoms with Gasteiger partial charge in [0.15, 0.2) is 5.82 Å². The van der Waals surface area contributed by atoms with Crippen LogP contribution in [-0.4, -0.2) is 25.2 Å². The van der Waals surface area contributed by atoms with E-state index in [-0.39, 0.29) is 27.4 Å². The number of halogens is 3. The Morgan fingerprint density at radius 1 is 0.935 bits per heavy atom. The number of pyridine rings is 1. The van der Waals surface area contributed by atoms with Gasteiger partial charge in [-0.15, -0.1) is 16.4 Å². The number of nitrogens with two attached hydrogens (primary N) is 1. The summed E-state index contributed by atoms with van der Waals surface area (Å²) in [6.07, 6.45) is -4.61. The highest BCUT2D eigenvalue weighted by Gasteiger charge is 2.36. The maximum Gasteiger partial charge on any atom is 0.417 e. The molecule has 3 aromatic heterocycles. The van der Waals surface area contributed by atoms with Gasteiger partial charge in [-0.1, -0.05) is 48.5 Å². The number of hydrogen-bond donors (Lipinski definition) is 1. The predicted octanol–water partition coefficient (Wildman–Crippen LogP) is 5.21. The van der Waals surface area contributed by atoms with Crippen molar-refractivity contribution in [2.75, 3.05) is 5.73 Å². The summed E-state index contributed by atoms with van der Waals surface area (Å²) in [7, 11) is 0. The van der Waals surface area contributed by atoms with Crippen LogP contribution in [0, 0.1) is 0 Å². The zero-order valence-electron chi connectivity index (χ0n) is 15.7. The molecule has 154 valence electrons. The quantitative estimate of drug-likeness (QED) is 0.418. The van der Waals surface area contributed by atoms with Crippen molar-refractivity contribution in [1.29, 1.82) is 0 Å². The standard InChI is InChI=1S/C21H13F3N6S/c22-21(23,24)14-11-15(12-7-3-1-4-8-12)26-20-16(14)17(25)18(31-20)19-27-28-29-30(19)13-9-5-2-6-10-13/h1-11H,25H2. The van der Waals surface area contributed by atoms with E-state index in [1.165, 1.54) is 4.68 Å². The molecule has 2 N–H and O–H groups in total. The van der Waals surface area contributed by atoms with Crippen molar-refractivity contribution in [3.8, 4) is 27.6 Å². The number of para-hydroxylation sites is 1. The molecule has 6 nitrogen and oxygen atoms in total. The molecule has 0 bridgehead atoms. The molecule has 10 heteroatoms. The van der Waals surface area contributed by atoms with Gasteiger partial charge >= 0.3 is 6.18 Å². The first-order valence-corrected chi connectivity index (χ1v) is 9.95. The number of thiophene rings is 1. The lowest BCUT2D eigenvalue weighted by Crippen LogP contribution is -2.07. The molecule has 31 heavy (non-hydrogen) atoms. The lowest BCUT2D eigenvalue weighted by Gasteiger charge is -2.11. The van der Waals surface area contributed by atoms with Crippen LogP contribution in [-0.2, 0) is 6.18 Å². The Morgan fingerprint density at radius 2 is 1.61 bits per heavy atom. The topological polar surface area (TPSA) is 82.5 Å². The van der Waals surface area contributed by atoms with Crippen molar-refractivity contribution in [1.82, 2.24) is 25.2 Å². The van der Waals surface area contributed by atoms with Gasteiger partial charge in [-0.25, -0.2) is 4.98 Å². The smallest absolute Gasteiger partial charge is 0.397 e. The minimum absolute atomic E-state index is 0.0496. The first-order valence-electron chi connectivity index (χ1n) is 9.13. The predicted molar refractivity (Wildman–Crippen MR) is 113 cm³/mol. The highest BCUT2D eigenvalue weighted by molar-refractivity contribution is 7.22. The molecule has 0 saturated carbocycles.